The van der Waals surface area contributed by atoms with Crippen LogP contribution < -0.4 is 0 Å². The molecule has 76 valence electrons. The largest absolute Gasteiger partial charge is 0.349 e. The van der Waals surface area contributed by atoms with Crippen molar-refractivity contribution < 1.29 is 9.47 Å². The minimum atomic E-state index is -0.0395. The summed E-state index contributed by atoms with van der Waals surface area (Å²) in [6.45, 7) is 9.49. The van der Waals surface area contributed by atoms with E-state index in [0.29, 0.717) is 0 Å². The molecule has 1 fully saturated rings. The van der Waals surface area contributed by atoms with Gasteiger partial charge in [0.15, 0.2) is 6.29 Å². The quantitative estimate of drug-likeness (QED) is 0.504. The zero-order valence-electron chi connectivity index (χ0n) is 8.41. The van der Waals surface area contributed by atoms with Crippen LogP contribution in [0, 0.1) is 0 Å². The van der Waals surface area contributed by atoms with E-state index in [1.807, 2.05) is 17.8 Å². The Morgan fingerprint density at radius 2 is 2.08 bits per heavy atom. The van der Waals surface area contributed by atoms with E-state index in [1.54, 1.807) is 0 Å². The smallest absolute Gasteiger partial charge is 0.171 e. The second-order valence-electron chi connectivity index (χ2n) is 3.60. The molecular weight excluding hydrogens is 184 g/mol. The molecule has 0 aliphatic carbocycles. The minimum Gasteiger partial charge on any atom is -0.349 e. The molecule has 0 atom stereocenters. The highest BCUT2D eigenvalue weighted by atomic mass is 32.2. The minimum absolute atomic E-state index is 0.0395. The SMILES string of the molecule is C=CCCSC(C)(C)C1OCCO1. The average Bonchev–Trinajstić information content (AvgIpc) is 2.56. The third kappa shape index (κ3) is 3.33. The molecule has 0 aromatic rings. The molecule has 1 aliphatic rings. The normalized spacial score (nSPS) is 19.2. The van der Waals surface area contributed by atoms with Crippen molar-refractivity contribution in [1.82, 2.24) is 0 Å². The lowest BCUT2D eigenvalue weighted by Crippen LogP contribution is -2.34. The van der Waals surface area contributed by atoms with Gasteiger partial charge in [-0.1, -0.05) is 6.08 Å². The molecule has 0 amide bonds. The summed E-state index contributed by atoms with van der Waals surface area (Å²) in [7, 11) is 0. The predicted molar refractivity (Wildman–Crippen MR) is 57.0 cm³/mol. The van der Waals surface area contributed by atoms with E-state index in [1.165, 1.54) is 0 Å². The Balaban J connectivity index is 2.30. The van der Waals surface area contributed by atoms with Gasteiger partial charge in [0.25, 0.3) is 0 Å². The van der Waals surface area contributed by atoms with Crippen molar-refractivity contribution in [3.05, 3.63) is 12.7 Å². The van der Waals surface area contributed by atoms with Crippen LogP contribution >= 0.6 is 11.8 Å². The van der Waals surface area contributed by atoms with Crippen LogP contribution in [-0.2, 0) is 9.47 Å². The first-order valence-corrected chi connectivity index (χ1v) is 5.63. The molecule has 0 aromatic heterocycles. The van der Waals surface area contributed by atoms with Gasteiger partial charge in [-0.2, -0.15) is 11.8 Å². The lowest BCUT2D eigenvalue weighted by atomic mass is 10.2. The second kappa shape index (κ2) is 5.03. The fourth-order valence-electron chi connectivity index (χ4n) is 1.23. The van der Waals surface area contributed by atoms with E-state index in [-0.39, 0.29) is 11.0 Å². The van der Waals surface area contributed by atoms with E-state index in [2.05, 4.69) is 20.4 Å². The summed E-state index contributed by atoms with van der Waals surface area (Å²) < 4.78 is 11.0. The predicted octanol–water partition coefficient (Wildman–Crippen LogP) is 2.45. The molecule has 0 unspecified atom stereocenters. The Labute approximate surface area is 84.7 Å². The molecule has 2 nitrogen and oxygen atoms in total. The third-order valence-corrected chi connectivity index (χ3v) is 3.36. The van der Waals surface area contributed by atoms with Crippen LogP contribution in [0.1, 0.15) is 20.3 Å². The van der Waals surface area contributed by atoms with Crippen molar-refractivity contribution >= 4 is 11.8 Å². The van der Waals surface area contributed by atoms with Gasteiger partial charge in [0.05, 0.1) is 18.0 Å². The van der Waals surface area contributed by atoms with Crippen molar-refractivity contribution in [2.45, 2.75) is 31.3 Å². The molecule has 1 heterocycles. The summed E-state index contributed by atoms with van der Waals surface area (Å²) in [5, 5.41) is 0. The maximum absolute atomic E-state index is 5.48. The molecule has 3 heteroatoms. The first kappa shape index (κ1) is 11.1. The highest BCUT2D eigenvalue weighted by Crippen LogP contribution is 2.32. The molecule has 1 saturated heterocycles. The van der Waals surface area contributed by atoms with E-state index < -0.39 is 0 Å². The van der Waals surface area contributed by atoms with Gasteiger partial charge in [-0.25, -0.2) is 0 Å². The number of hydrogen-bond acceptors (Lipinski definition) is 3. The van der Waals surface area contributed by atoms with Crippen LogP contribution in [0.15, 0.2) is 12.7 Å². The Hall–Kier alpha value is 0.01000. The maximum atomic E-state index is 5.48. The standard InChI is InChI=1S/C10H18O2S/c1-4-5-8-13-10(2,3)9-11-6-7-12-9/h4,9H,1,5-8H2,2-3H3. The third-order valence-electron chi connectivity index (χ3n) is 1.99. The molecule has 0 spiro atoms. The van der Waals surface area contributed by atoms with Gasteiger partial charge in [-0.15, -0.1) is 6.58 Å². The van der Waals surface area contributed by atoms with Gasteiger partial charge >= 0.3 is 0 Å². The molecule has 1 aliphatic heterocycles. The van der Waals surface area contributed by atoms with Crippen LogP contribution in [0.25, 0.3) is 0 Å². The number of ether oxygens (including phenoxy) is 2. The summed E-state index contributed by atoms with van der Waals surface area (Å²) in [6, 6.07) is 0. The fourth-order valence-corrected chi connectivity index (χ4v) is 2.32. The lowest BCUT2D eigenvalue weighted by molar-refractivity contribution is -0.0612. The average molecular weight is 202 g/mol. The van der Waals surface area contributed by atoms with E-state index in [9.17, 15) is 0 Å². The number of thioether (sulfide) groups is 1. The number of allylic oxidation sites excluding steroid dienone is 1. The summed E-state index contributed by atoms with van der Waals surface area (Å²) in [4.78, 5) is 0. The molecule has 0 aromatic carbocycles. The monoisotopic (exact) mass is 202 g/mol. The topological polar surface area (TPSA) is 18.5 Å². The van der Waals surface area contributed by atoms with Crippen LogP contribution in [0.4, 0.5) is 0 Å². The van der Waals surface area contributed by atoms with Crippen LogP contribution in [-0.4, -0.2) is 30.0 Å². The van der Waals surface area contributed by atoms with Crippen LogP contribution in [0.2, 0.25) is 0 Å². The van der Waals surface area contributed by atoms with Gasteiger partial charge in [-0.3, -0.25) is 0 Å². The molecule has 0 bridgehead atoms. The van der Waals surface area contributed by atoms with Crippen LogP contribution in [0.5, 0.6) is 0 Å². The summed E-state index contributed by atoms with van der Waals surface area (Å²) in [5.74, 6) is 1.08. The molecular formula is C10H18O2S. The fraction of sp³-hybridized carbons (Fsp3) is 0.800. The number of rotatable bonds is 5. The zero-order chi connectivity index (χ0) is 9.73. The van der Waals surface area contributed by atoms with Crippen molar-refractivity contribution in [1.29, 1.82) is 0 Å². The molecule has 0 radical (unpaired) electrons. The first-order chi connectivity index (χ1) is 6.17. The van der Waals surface area contributed by atoms with Gasteiger partial charge in [0.1, 0.15) is 0 Å². The molecule has 0 N–H and O–H groups in total. The Morgan fingerprint density at radius 1 is 1.46 bits per heavy atom. The van der Waals surface area contributed by atoms with E-state index in [4.69, 9.17) is 9.47 Å². The lowest BCUT2D eigenvalue weighted by Gasteiger charge is -2.28. The molecule has 0 saturated carbocycles. The summed E-state index contributed by atoms with van der Waals surface area (Å²) >= 11 is 1.88. The second-order valence-corrected chi connectivity index (χ2v) is 5.35. The van der Waals surface area contributed by atoms with Crippen LogP contribution in [0.3, 0.4) is 0 Å². The van der Waals surface area contributed by atoms with E-state index in [0.717, 1.165) is 25.4 Å². The van der Waals surface area contributed by atoms with E-state index >= 15 is 0 Å². The maximum Gasteiger partial charge on any atom is 0.171 e. The van der Waals surface area contributed by atoms with Crippen molar-refractivity contribution in [2.24, 2.45) is 0 Å². The highest BCUT2D eigenvalue weighted by molar-refractivity contribution is 8.00. The first-order valence-electron chi connectivity index (χ1n) is 4.65. The van der Waals surface area contributed by atoms with Crippen molar-refractivity contribution in [2.75, 3.05) is 19.0 Å². The summed E-state index contributed by atoms with van der Waals surface area (Å²) in [6.07, 6.45) is 2.95. The zero-order valence-corrected chi connectivity index (χ0v) is 9.23. The van der Waals surface area contributed by atoms with Gasteiger partial charge in [-0.05, 0) is 26.0 Å². The van der Waals surface area contributed by atoms with Gasteiger partial charge < -0.3 is 9.47 Å². The Morgan fingerprint density at radius 3 is 2.62 bits per heavy atom. The van der Waals surface area contributed by atoms with Gasteiger partial charge in [0, 0.05) is 0 Å². The van der Waals surface area contributed by atoms with Crippen molar-refractivity contribution in [3.8, 4) is 0 Å². The molecule has 13 heavy (non-hydrogen) atoms. The highest BCUT2D eigenvalue weighted by Gasteiger charge is 2.34. The Bertz CT molecular complexity index is 162. The molecule has 1 rings (SSSR count). The Kier molecular flexibility index (Phi) is 4.29. The van der Waals surface area contributed by atoms with Gasteiger partial charge in [0.2, 0.25) is 0 Å². The summed E-state index contributed by atoms with van der Waals surface area (Å²) in [5.41, 5.74) is 0. The number of hydrogen-bond donors (Lipinski definition) is 0. The van der Waals surface area contributed by atoms with Crippen molar-refractivity contribution in [3.63, 3.8) is 0 Å².